The van der Waals surface area contributed by atoms with Gasteiger partial charge in [-0.05, 0) is 0 Å². The Labute approximate surface area is 40.7 Å². The van der Waals surface area contributed by atoms with E-state index in [1.807, 2.05) is 0 Å². The molecule has 32 valence electrons. The Morgan fingerprint density at radius 2 is 1.80 bits per heavy atom. The van der Waals surface area contributed by atoms with Crippen molar-refractivity contribution in [2.75, 3.05) is 0 Å². The quantitative estimate of drug-likeness (QED) is 0.302. The van der Waals surface area contributed by atoms with Gasteiger partial charge in [-0.1, -0.05) is 0 Å². The molecular formula is HNO3Ru. The summed E-state index contributed by atoms with van der Waals surface area (Å²) < 4.78 is 0. The average Bonchev–Trinajstić information content (AvgIpc) is 0.811. The van der Waals surface area contributed by atoms with Gasteiger partial charge < -0.3 is 5.21 Å². The van der Waals surface area contributed by atoms with Crippen LogP contribution in [0.4, 0.5) is 0 Å². The molecule has 0 aromatic heterocycles. The van der Waals surface area contributed by atoms with Gasteiger partial charge in [-0.25, -0.2) is 0 Å². The minimum atomic E-state index is -1.50. The van der Waals surface area contributed by atoms with Crippen LogP contribution in [0.25, 0.3) is 0 Å². The Balaban J connectivity index is 0. The van der Waals surface area contributed by atoms with Gasteiger partial charge >= 0.3 is 0 Å². The van der Waals surface area contributed by atoms with E-state index in [1.54, 1.807) is 0 Å². The first-order chi connectivity index (χ1) is 1.73. The summed E-state index contributed by atoms with van der Waals surface area (Å²) in [6.45, 7) is 0. The molecule has 0 spiro atoms. The smallest absolute Gasteiger partial charge is 0.291 e. The molecule has 0 atom stereocenters. The minimum absolute atomic E-state index is 0. The second kappa shape index (κ2) is 3.82. The van der Waals surface area contributed by atoms with Crippen LogP contribution in [-0.2, 0) is 19.5 Å². The molecule has 0 rings (SSSR count). The summed E-state index contributed by atoms with van der Waals surface area (Å²) in [5.74, 6) is 0. The van der Waals surface area contributed by atoms with E-state index in [4.69, 9.17) is 15.3 Å². The van der Waals surface area contributed by atoms with Crippen LogP contribution in [0.3, 0.4) is 0 Å². The second-order valence-electron chi connectivity index (χ2n) is 0.238. The van der Waals surface area contributed by atoms with Crippen molar-refractivity contribution in [3.05, 3.63) is 10.1 Å². The molecular weight excluding hydrogens is 163 g/mol. The van der Waals surface area contributed by atoms with Gasteiger partial charge in [0.05, 0.1) is 0 Å². The standard InChI is InChI=1S/HNO3.Ru/c2-1(3)4;/h(H,2,3,4);. The summed E-state index contributed by atoms with van der Waals surface area (Å²) >= 11 is 0. The summed E-state index contributed by atoms with van der Waals surface area (Å²) in [5.41, 5.74) is 0. The van der Waals surface area contributed by atoms with E-state index in [0.717, 1.165) is 0 Å². The van der Waals surface area contributed by atoms with E-state index >= 15 is 0 Å². The van der Waals surface area contributed by atoms with Crippen molar-refractivity contribution >= 4 is 0 Å². The number of rotatable bonds is 0. The summed E-state index contributed by atoms with van der Waals surface area (Å²) in [6, 6.07) is 0. The molecule has 0 aromatic carbocycles. The van der Waals surface area contributed by atoms with Crippen molar-refractivity contribution in [2.45, 2.75) is 0 Å². The number of hydrogen-bond donors (Lipinski definition) is 1. The third-order valence-electron chi connectivity index (χ3n) is 0. The fourth-order valence-corrected chi connectivity index (χ4v) is 0. The predicted molar refractivity (Wildman–Crippen MR) is 8.78 cm³/mol. The predicted octanol–water partition coefficient (Wildman–Crippen LogP) is -0.350. The van der Waals surface area contributed by atoms with Crippen LogP contribution < -0.4 is 0 Å². The van der Waals surface area contributed by atoms with E-state index in [9.17, 15) is 0 Å². The van der Waals surface area contributed by atoms with E-state index in [1.165, 1.54) is 0 Å². The minimum Gasteiger partial charge on any atom is -0.328 e. The molecule has 0 bridgehead atoms. The monoisotopic (exact) mass is 165 g/mol. The first kappa shape index (κ1) is 8.85. The number of hydrogen-bond acceptors (Lipinski definition) is 2. The van der Waals surface area contributed by atoms with Gasteiger partial charge in [-0.2, -0.15) is 0 Å². The van der Waals surface area contributed by atoms with Crippen LogP contribution in [-0.4, -0.2) is 10.3 Å². The van der Waals surface area contributed by atoms with Crippen molar-refractivity contribution < 1.29 is 29.8 Å². The van der Waals surface area contributed by atoms with Gasteiger partial charge in [-0.15, -0.1) is 10.1 Å². The Morgan fingerprint density at radius 3 is 1.80 bits per heavy atom. The van der Waals surface area contributed by atoms with Crippen LogP contribution in [0.5, 0.6) is 0 Å². The Morgan fingerprint density at radius 1 is 1.80 bits per heavy atom. The third kappa shape index (κ3) is 407. The molecule has 0 aliphatic rings. The van der Waals surface area contributed by atoms with Crippen molar-refractivity contribution in [3.63, 3.8) is 0 Å². The van der Waals surface area contributed by atoms with Crippen molar-refractivity contribution in [3.8, 4) is 0 Å². The summed E-state index contributed by atoms with van der Waals surface area (Å²) in [6.07, 6.45) is 0. The van der Waals surface area contributed by atoms with Crippen LogP contribution in [0, 0.1) is 10.1 Å². The molecule has 0 heterocycles. The molecule has 0 radical (unpaired) electrons. The molecule has 5 heavy (non-hydrogen) atoms. The van der Waals surface area contributed by atoms with E-state index in [0.29, 0.717) is 0 Å². The number of nitrogens with zero attached hydrogens (tertiary/aromatic N) is 1. The summed E-state index contributed by atoms with van der Waals surface area (Å²) in [4.78, 5) is 8.36. The van der Waals surface area contributed by atoms with Gasteiger partial charge in [0.25, 0.3) is 5.09 Å². The first-order valence-electron chi connectivity index (χ1n) is 0.565. The zero-order valence-corrected chi connectivity index (χ0v) is 3.80. The van der Waals surface area contributed by atoms with Gasteiger partial charge in [0.2, 0.25) is 0 Å². The molecule has 0 amide bonds. The fraction of sp³-hybridized carbons (Fsp3) is 0. The zero-order valence-electron chi connectivity index (χ0n) is 2.06. The Bertz CT molecular complexity index is 29.9. The molecule has 0 saturated heterocycles. The first-order valence-corrected chi connectivity index (χ1v) is 0.565. The fourth-order valence-electron chi connectivity index (χ4n) is 0. The van der Waals surface area contributed by atoms with Gasteiger partial charge in [-0.3, -0.25) is 0 Å². The molecule has 0 aliphatic heterocycles. The SMILES string of the molecule is O=[N+]([O-])O.[Ru]. The topological polar surface area (TPSA) is 63.4 Å². The maximum Gasteiger partial charge on any atom is 0.291 e. The van der Waals surface area contributed by atoms with Gasteiger partial charge in [0.15, 0.2) is 0 Å². The van der Waals surface area contributed by atoms with Gasteiger partial charge in [0, 0.05) is 19.5 Å². The zero-order chi connectivity index (χ0) is 3.58. The van der Waals surface area contributed by atoms with Crippen LogP contribution in [0.1, 0.15) is 0 Å². The van der Waals surface area contributed by atoms with Crippen LogP contribution >= 0.6 is 0 Å². The second-order valence-corrected chi connectivity index (χ2v) is 0.238. The molecule has 1 N–H and O–H groups in total. The molecule has 0 aromatic rings. The largest absolute Gasteiger partial charge is 0.328 e. The van der Waals surface area contributed by atoms with E-state index < -0.39 is 5.09 Å². The molecule has 0 unspecified atom stereocenters. The summed E-state index contributed by atoms with van der Waals surface area (Å²) in [7, 11) is 0. The van der Waals surface area contributed by atoms with Crippen molar-refractivity contribution in [1.82, 2.24) is 0 Å². The third-order valence-corrected chi connectivity index (χ3v) is 0. The molecule has 4 nitrogen and oxygen atoms in total. The molecule has 5 heteroatoms. The summed E-state index contributed by atoms with van der Waals surface area (Å²) in [5, 5.41) is 13.6. The van der Waals surface area contributed by atoms with Crippen molar-refractivity contribution in [1.29, 1.82) is 0 Å². The average molecular weight is 164 g/mol. The van der Waals surface area contributed by atoms with E-state index in [-0.39, 0.29) is 19.5 Å². The molecule has 0 aliphatic carbocycles. The Kier molecular flexibility index (Phi) is 6.76. The normalized spacial score (nSPS) is 4.80. The molecule has 0 fully saturated rings. The molecule has 0 saturated carbocycles. The maximum atomic E-state index is 8.36. The van der Waals surface area contributed by atoms with Gasteiger partial charge in [0.1, 0.15) is 0 Å². The van der Waals surface area contributed by atoms with Crippen LogP contribution in [0.2, 0.25) is 0 Å². The maximum absolute atomic E-state index is 8.36. The van der Waals surface area contributed by atoms with Crippen molar-refractivity contribution in [2.24, 2.45) is 0 Å². The van der Waals surface area contributed by atoms with Crippen LogP contribution in [0.15, 0.2) is 0 Å². The Hall–Kier alpha value is -0.177. The van der Waals surface area contributed by atoms with E-state index in [2.05, 4.69) is 0 Å².